The number of aromatic nitrogens is 3. The van der Waals surface area contributed by atoms with E-state index in [1.54, 1.807) is 6.07 Å². The summed E-state index contributed by atoms with van der Waals surface area (Å²) in [5.74, 6) is 1.63. The number of nitrogens with one attached hydrogen (secondary N) is 1. The number of hydrogen-bond donors (Lipinski definition) is 1. The Bertz CT molecular complexity index is 761. The lowest BCUT2D eigenvalue weighted by Gasteiger charge is -2.08. The molecule has 0 aliphatic rings. The van der Waals surface area contributed by atoms with E-state index in [0.29, 0.717) is 15.7 Å². The van der Waals surface area contributed by atoms with Gasteiger partial charge in [0.25, 0.3) is 5.95 Å². The Balaban J connectivity index is 2.34. The minimum atomic E-state index is -0.776. The Hall–Kier alpha value is -2.66. The average Bonchev–Trinajstić information content (AvgIpc) is 2.48. The number of carbonyl (C=O) groups is 1. The quantitative estimate of drug-likeness (QED) is 0.528. The first-order valence-corrected chi connectivity index (χ1v) is 6.83. The number of carbonyl (C=O) groups excluding carboxylic acids is 1. The fraction of sp³-hybridized carbons (Fsp3) is 0.143. The molecule has 0 bridgehead atoms. The lowest BCUT2D eigenvalue weighted by molar-refractivity contribution is -0.114. The number of amides is 1. The van der Waals surface area contributed by atoms with Gasteiger partial charge in [-0.2, -0.15) is 4.39 Å². The maximum absolute atomic E-state index is 13.5. The summed E-state index contributed by atoms with van der Waals surface area (Å²) in [4.78, 5) is 23.2. The van der Waals surface area contributed by atoms with Crippen molar-refractivity contribution in [2.24, 2.45) is 0 Å². The van der Waals surface area contributed by atoms with E-state index in [-0.39, 0.29) is 17.4 Å². The molecule has 0 spiro atoms. The Kier molecular flexibility index (Phi) is 4.91. The molecule has 8 heteroatoms. The minimum Gasteiger partial charge on any atom is -0.492 e. The number of nitrogens with zero attached hydrogens (tertiary/aromatic N) is 3. The third-order valence-corrected chi connectivity index (χ3v) is 3.39. The first-order valence-electron chi connectivity index (χ1n) is 6.02. The Morgan fingerprint density at radius 3 is 2.86 bits per heavy atom. The van der Waals surface area contributed by atoms with Crippen LogP contribution in [0.3, 0.4) is 0 Å². The predicted octanol–water partition coefficient (Wildman–Crippen LogP) is 2.11. The van der Waals surface area contributed by atoms with E-state index in [2.05, 4.69) is 26.2 Å². The van der Waals surface area contributed by atoms with Gasteiger partial charge in [-0.15, -0.1) is 6.42 Å². The van der Waals surface area contributed by atoms with Gasteiger partial charge in [0.15, 0.2) is 5.75 Å². The summed E-state index contributed by atoms with van der Waals surface area (Å²) in [5, 5.41) is 3.07. The van der Waals surface area contributed by atoms with Gasteiger partial charge in [0.05, 0.1) is 12.0 Å². The second-order valence-corrected chi connectivity index (χ2v) is 5.06. The van der Waals surface area contributed by atoms with E-state index in [1.807, 2.05) is 0 Å². The van der Waals surface area contributed by atoms with E-state index in [4.69, 9.17) is 11.2 Å². The molecule has 0 aromatic carbocycles. The summed E-state index contributed by atoms with van der Waals surface area (Å²) in [5.41, 5.74) is 0.142. The minimum absolute atomic E-state index is 0.0161. The zero-order chi connectivity index (χ0) is 16.1. The molecule has 0 saturated carbocycles. The molecule has 0 unspecified atom stereocenters. The van der Waals surface area contributed by atoms with Crippen LogP contribution in [-0.4, -0.2) is 28.0 Å². The summed E-state index contributed by atoms with van der Waals surface area (Å²) in [6.07, 6.45) is 6.64. The predicted molar refractivity (Wildman–Crippen MR) is 79.1 cm³/mol. The number of terminal acetylenes is 1. The lowest BCUT2D eigenvalue weighted by Crippen LogP contribution is -2.07. The highest BCUT2D eigenvalue weighted by molar-refractivity contribution is 7.99. The zero-order valence-corrected chi connectivity index (χ0v) is 12.6. The van der Waals surface area contributed by atoms with Crippen LogP contribution in [0.2, 0.25) is 0 Å². The number of hydrogen-bond acceptors (Lipinski definition) is 6. The van der Waals surface area contributed by atoms with Crippen molar-refractivity contribution in [3.8, 4) is 18.1 Å². The number of anilines is 1. The Labute approximate surface area is 130 Å². The highest BCUT2D eigenvalue weighted by Crippen LogP contribution is 2.32. The van der Waals surface area contributed by atoms with E-state index >= 15 is 0 Å². The van der Waals surface area contributed by atoms with Crippen LogP contribution in [0, 0.1) is 18.3 Å². The zero-order valence-electron chi connectivity index (χ0n) is 11.8. The molecule has 0 fully saturated rings. The summed E-state index contributed by atoms with van der Waals surface area (Å²) < 4.78 is 18.4. The summed E-state index contributed by atoms with van der Waals surface area (Å²) >= 11 is 1.16. The molecule has 112 valence electrons. The fourth-order valence-electron chi connectivity index (χ4n) is 1.54. The van der Waals surface area contributed by atoms with Crippen molar-refractivity contribution in [3.63, 3.8) is 0 Å². The van der Waals surface area contributed by atoms with Gasteiger partial charge in [-0.1, -0.05) is 11.8 Å². The highest BCUT2D eigenvalue weighted by Gasteiger charge is 2.13. The average molecular weight is 318 g/mol. The first kappa shape index (κ1) is 15.7. The molecule has 1 amide bonds. The molecule has 2 rings (SSSR count). The number of methoxy groups -OCH3 is 1. The van der Waals surface area contributed by atoms with E-state index in [9.17, 15) is 9.18 Å². The summed E-state index contributed by atoms with van der Waals surface area (Å²) in [6.45, 7) is 1.38. The monoisotopic (exact) mass is 318 g/mol. The number of pyridine rings is 1. The Morgan fingerprint density at radius 2 is 2.23 bits per heavy atom. The number of rotatable bonds is 4. The van der Waals surface area contributed by atoms with Crippen LogP contribution in [0.5, 0.6) is 5.75 Å². The van der Waals surface area contributed by atoms with Crippen molar-refractivity contribution in [2.75, 3.05) is 12.4 Å². The molecule has 6 nitrogen and oxygen atoms in total. The molecule has 22 heavy (non-hydrogen) atoms. The number of halogens is 1. The molecular weight excluding hydrogens is 307 g/mol. The van der Waals surface area contributed by atoms with E-state index < -0.39 is 5.95 Å². The molecule has 0 radical (unpaired) electrons. The van der Waals surface area contributed by atoms with Gasteiger partial charge in [0.1, 0.15) is 22.9 Å². The van der Waals surface area contributed by atoms with Crippen LogP contribution in [0.15, 0.2) is 28.4 Å². The normalized spacial score (nSPS) is 9.91. The van der Waals surface area contributed by atoms with Crippen molar-refractivity contribution < 1.29 is 13.9 Å². The smallest absolute Gasteiger partial charge is 0.256 e. The van der Waals surface area contributed by atoms with Gasteiger partial charge in [-0.3, -0.25) is 4.79 Å². The maximum atomic E-state index is 13.5. The van der Waals surface area contributed by atoms with E-state index in [1.165, 1.54) is 26.4 Å². The molecule has 0 aliphatic heterocycles. The fourth-order valence-corrected chi connectivity index (χ4v) is 2.40. The van der Waals surface area contributed by atoms with Crippen LogP contribution in [0.1, 0.15) is 12.6 Å². The Morgan fingerprint density at radius 1 is 1.45 bits per heavy atom. The van der Waals surface area contributed by atoms with Gasteiger partial charge in [-0.05, 0) is 5.92 Å². The first-order chi connectivity index (χ1) is 10.5. The van der Waals surface area contributed by atoms with Crippen molar-refractivity contribution in [3.05, 3.63) is 30.1 Å². The van der Waals surface area contributed by atoms with Gasteiger partial charge in [-0.25, -0.2) is 15.0 Å². The van der Waals surface area contributed by atoms with Crippen LogP contribution >= 0.6 is 11.8 Å². The molecule has 2 heterocycles. The molecule has 2 aromatic rings. The van der Waals surface area contributed by atoms with Gasteiger partial charge >= 0.3 is 0 Å². The third kappa shape index (κ3) is 3.71. The van der Waals surface area contributed by atoms with Crippen molar-refractivity contribution in [1.82, 2.24) is 15.0 Å². The standard InChI is InChI=1S/C14H11FN4O2S/c1-4-9-11(5-10(21-3)14(15)19-9)22-13-6-12(16-7-17-13)18-8(2)20/h1,5-7H,2-3H3,(H,16,17,18,20). The van der Waals surface area contributed by atoms with Crippen LogP contribution < -0.4 is 10.1 Å². The molecule has 0 saturated heterocycles. The molecular formula is C14H11FN4O2S. The van der Waals surface area contributed by atoms with Crippen molar-refractivity contribution >= 4 is 23.5 Å². The van der Waals surface area contributed by atoms with Gasteiger partial charge < -0.3 is 10.1 Å². The van der Waals surface area contributed by atoms with Gasteiger partial charge in [0.2, 0.25) is 5.91 Å². The van der Waals surface area contributed by atoms with Crippen LogP contribution in [-0.2, 0) is 4.79 Å². The molecule has 0 atom stereocenters. The number of ether oxygens (including phenoxy) is 1. The topological polar surface area (TPSA) is 77.0 Å². The van der Waals surface area contributed by atoms with Crippen molar-refractivity contribution in [1.29, 1.82) is 0 Å². The maximum Gasteiger partial charge on any atom is 0.256 e. The van der Waals surface area contributed by atoms with Gasteiger partial charge in [0, 0.05) is 19.1 Å². The third-order valence-electron chi connectivity index (χ3n) is 2.43. The SMILES string of the molecule is C#Cc1nc(F)c(OC)cc1Sc1cc(NC(C)=O)ncn1. The second-order valence-electron chi connectivity index (χ2n) is 4.00. The van der Waals surface area contributed by atoms with Crippen molar-refractivity contribution in [2.45, 2.75) is 16.8 Å². The lowest BCUT2D eigenvalue weighted by atomic mass is 10.3. The van der Waals surface area contributed by atoms with E-state index in [0.717, 1.165) is 11.8 Å². The summed E-state index contributed by atoms with van der Waals surface area (Å²) in [6, 6.07) is 3.02. The largest absolute Gasteiger partial charge is 0.492 e. The molecule has 2 aromatic heterocycles. The van der Waals surface area contributed by atoms with Crippen LogP contribution in [0.4, 0.5) is 10.2 Å². The summed E-state index contributed by atoms with van der Waals surface area (Å²) in [7, 11) is 1.34. The highest BCUT2D eigenvalue weighted by atomic mass is 32.2. The molecule has 1 N–H and O–H groups in total. The molecule has 0 aliphatic carbocycles. The van der Waals surface area contributed by atoms with Crippen LogP contribution in [0.25, 0.3) is 0 Å². The second kappa shape index (κ2) is 6.87.